The highest BCUT2D eigenvalue weighted by Crippen LogP contribution is 2.41. The second kappa shape index (κ2) is 13.6. The Hall–Kier alpha value is -6.56. The van der Waals surface area contributed by atoms with Gasteiger partial charge in [0.05, 0.1) is 45.0 Å². The molecule has 3 aromatic heterocycles. The number of aromatic nitrogens is 4. The lowest BCUT2D eigenvalue weighted by Crippen LogP contribution is -1.96. The number of aromatic amines is 2. The van der Waals surface area contributed by atoms with Crippen LogP contribution in [-0.4, -0.2) is 19.9 Å². The van der Waals surface area contributed by atoms with Crippen molar-refractivity contribution in [2.24, 2.45) is 0 Å². The van der Waals surface area contributed by atoms with Gasteiger partial charge in [-0.25, -0.2) is 35.1 Å². The smallest absolute Gasteiger partial charge is 0.134 e. The van der Waals surface area contributed by atoms with Crippen LogP contribution in [0.2, 0.25) is 0 Å². The SMILES string of the molecule is Fc1cccc(F)c1-c1c2nc(c(-c3c(F)cccc3F)c3ccc([nH]3)c(-c3c(F)cccc3F)c3nc(c(-c4c(F)cccc4F)c4ccc1[nH]4)CC3)CC2. The molecule has 0 saturated carbocycles. The molecule has 278 valence electrons. The maximum atomic E-state index is 15.7. The van der Waals surface area contributed by atoms with E-state index in [4.69, 9.17) is 9.97 Å². The summed E-state index contributed by atoms with van der Waals surface area (Å²) in [6, 6.07) is 19.3. The Balaban J connectivity index is 1.54. The molecule has 0 atom stereocenters. The molecule has 0 unspecified atom stereocenters. The molecule has 0 radical (unpaired) electrons. The lowest BCUT2D eigenvalue weighted by atomic mass is 9.99. The number of nitrogens with zero attached hydrogens (tertiary/aromatic N) is 2. The van der Waals surface area contributed by atoms with Gasteiger partial charge in [0.15, 0.2) is 0 Å². The molecule has 0 fully saturated rings. The van der Waals surface area contributed by atoms with Gasteiger partial charge in [0, 0.05) is 44.3 Å². The van der Waals surface area contributed by atoms with Crippen LogP contribution < -0.4 is 0 Å². The summed E-state index contributed by atoms with van der Waals surface area (Å²) < 4.78 is 126. The van der Waals surface area contributed by atoms with E-state index in [1.165, 1.54) is 48.5 Å². The minimum Gasteiger partial charge on any atom is -0.354 e. The van der Waals surface area contributed by atoms with Crippen LogP contribution >= 0.6 is 0 Å². The van der Waals surface area contributed by atoms with E-state index in [1.807, 2.05) is 0 Å². The van der Waals surface area contributed by atoms with Crippen LogP contribution in [-0.2, 0) is 25.7 Å². The van der Waals surface area contributed by atoms with Crippen molar-refractivity contribution >= 4 is 22.1 Å². The van der Waals surface area contributed by atoms with Gasteiger partial charge in [0.2, 0.25) is 0 Å². The third-order valence-electron chi connectivity index (χ3n) is 10.2. The fraction of sp³-hybridized carbons (Fsp3) is 0.0909. The summed E-state index contributed by atoms with van der Waals surface area (Å²) in [4.78, 5) is 15.8. The van der Waals surface area contributed by atoms with E-state index in [0.717, 1.165) is 48.5 Å². The zero-order chi connectivity index (χ0) is 38.8. The molecule has 2 aliphatic rings. The van der Waals surface area contributed by atoms with Gasteiger partial charge in [-0.05, 0) is 98.5 Å². The van der Waals surface area contributed by atoms with Gasteiger partial charge in [-0.15, -0.1) is 0 Å². The highest BCUT2D eigenvalue weighted by molar-refractivity contribution is 5.92. The summed E-state index contributed by atoms with van der Waals surface area (Å²) in [5.41, 5.74) is -0.764. The van der Waals surface area contributed by atoms with Crippen molar-refractivity contribution in [1.29, 1.82) is 0 Å². The van der Waals surface area contributed by atoms with E-state index in [-0.39, 0.29) is 92.8 Å². The van der Waals surface area contributed by atoms with Gasteiger partial charge < -0.3 is 9.97 Å². The second-order valence-corrected chi connectivity index (χ2v) is 13.5. The minimum absolute atomic E-state index is 0.0194. The van der Waals surface area contributed by atoms with Crippen molar-refractivity contribution in [1.82, 2.24) is 19.9 Å². The van der Waals surface area contributed by atoms with Crippen molar-refractivity contribution in [3.8, 4) is 44.5 Å². The quantitative estimate of drug-likeness (QED) is 0.176. The number of hydrogen-bond donors (Lipinski definition) is 2. The van der Waals surface area contributed by atoms with Gasteiger partial charge in [-0.2, -0.15) is 0 Å². The molecule has 0 spiro atoms. The summed E-state index contributed by atoms with van der Waals surface area (Å²) in [5.74, 6) is -7.39. The van der Waals surface area contributed by atoms with Crippen LogP contribution in [0.1, 0.15) is 22.8 Å². The van der Waals surface area contributed by atoms with Crippen LogP contribution in [0.3, 0.4) is 0 Å². The van der Waals surface area contributed by atoms with Crippen molar-refractivity contribution < 1.29 is 35.1 Å². The Morgan fingerprint density at radius 1 is 0.286 bits per heavy atom. The van der Waals surface area contributed by atoms with Crippen molar-refractivity contribution in [3.05, 3.63) is 166 Å². The van der Waals surface area contributed by atoms with Gasteiger partial charge in [-0.3, -0.25) is 9.97 Å². The fourth-order valence-corrected chi connectivity index (χ4v) is 7.80. The van der Waals surface area contributed by atoms with Gasteiger partial charge in [0.25, 0.3) is 0 Å². The molecular weight excluding hydrogens is 736 g/mol. The summed E-state index contributed by atoms with van der Waals surface area (Å²) in [6.45, 7) is 0. The summed E-state index contributed by atoms with van der Waals surface area (Å²) in [7, 11) is 0. The van der Waals surface area contributed by atoms with E-state index < -0.39 is 68.8 Å². The zero-order valence-corrected chi connectivity index (χ0v) is 29.0. The Morgan fingerprint density at radius 2 is 0.482 bits per heavy atom. The average molecular weight is 763 g/mol. The molecular formula is C44H26F8N4. The zero-order valence-electron chi connectivity index (χ0n) is 29.0. The Bertz CT molecular complexity index is 2460. The molecule has 4 aromatic carbocycles. The number of aryl methyl sites for hydroxylation is 4. The Kier molecular flexibility index (Phi) is 8.56. The van der Waals surface area contributed by atoms with Crippen LogP contribution in [0.15, 0.2) is 97.1 Å². The highest BCUT2D eigenvalue weighted by Gasteiger charge is 2.28. The average Bonchev–Trinajstić information content (AvgIpc) is 4.00. The monoisotopic (exact) mass is 762 g/mol. The molecule has 7 aromatic rings. The minimum atomic E-state index is -0.924. The van der Waals surface area contributed by atoms with E-state index in [1.54, 1.807) is 0 Å². The topological polar surface area (TPSA) is 57.4 Å². The standard InChI is InChI=1S/C44H26F8N4/c45-21-5-1-6-22(46)37(21)41-29-13-15-31(53-29)42(38-23(47)7-2-8-24(38)48)33-17-19-35(55-33)44(40-27(51)11-4-12-28(40)52)36-20-18-34(56-36)43(32-16-14-30(41)54-32)39-25(49)9-3-10-26(39)50/h1-13,15,18,20,53,56H,14,16-17,19H2. The number of fused-ring (bicyclic) bond motifs is 8. The van der Waals surface area contributed by atoms with E-state index in [9.17, 15) is 0 Å². The molecule has 56 heavy (non-hydrogen) atoms. The third kappa shape index (κ3) is 5.75. The Labute approximate surface area is 313 Å². The van der Waals surface area contributed by atoms with Crippen LogP contribution in [0.5, 0.6) is 0 Å². The molecule has 2 N–H and O–H groups in total. The van der Waals surface area contributed by atoms with Crippen LogP contribution in [0, 0.1) is 46.5 Å². The molecule has 0 aliphatic carbocycles. The van der Waals surface area contributed by atoms with E-state index in [0.29, 0.717) is 0 Å². The maximum Gasteiger partial charge on any atom is 0.134 e. The second-order valence-electron chi connectivity index (χ2n) is 13.5. The molecule has 2 aliphatic heterocycles. The van der Waals surface area contributed by atoms with Gasteiger partial charge in [0.1, 0.15) is 46.5 Å². The van der Waals surface area contributed by atoms with Crippen LogP contribution in [0.25, 0.3) is 66.6 Å². The highest BCUT2D eigenvalue weighted by atomic mass is 19.2. The van der Waals surface area contributed by atoms with Gasteiger partial charge >= 0.3 is 0 Å². The molecule has 9 rings (SSSR count). The lowest BCUT2D eigenvalue weighted by molar-refractivity contribution is 0.588. The first-order chi connectivity index (χ1) is 27.1. The van der Waals surface area contributed by atoms with Gasteiger partial charge in [-0.1, -0.05) is 24.3 Å². The lowest BCUT2D eigenvalue weighted by Gasteiger charge is -2.09. The number of nitrogens with one attached hydrogen (secondary N) is 2. The van der Waals surface area contributed by atoms with Crippen molar-refractivity contribution in [2.45, 2.75) is 25.7 Å². The molecule has 0 saturated heterocycles. The molecule has 5 heterocycles. The van der Waals surface area contributed by atoms with Crippen molar-refractivity contribution in [2.75, 3.05) is 0 Å². The fourth-order valence-electron chi connectivity index (χ4n) is 7.80. The maximum absolute atomic E-state index is 15.7. The number of halogens is 8. The third-order valence-corrected chi connectivity index (χ3v) is 10.2. The van der Waals surface area contributed by atoms with E-state index >= 15 is 35.1 Å². The van der Waals surface area contributed by atoms with Crippen LogP contribution in [0.4, 0.5) is 35.1 Å². The molecule has 8 bridgehead atoms. The molecule has 12 heteroatoms. The first-order valence-electron chi connectivity index (χ1n) is 17.6. The number of benzene rings is 4. The molecule has 4 nitrogen and oxygen atoms in total. The molecule has 0 amide bonds. The predicted octanol–water partition coefficient (Wildman–Crippen LogP) is 11.7. The largest absolute Gasteiger partial charge is 0.354 e. The normalized spacial score (nSPS) is 12.7. The summed E-state index contributed by atoms with van der Waals surface area (Å²) >= 11 is 0. The Morgan fingerprint density at radius 3 is 0.679 bits per heavy atom. The predicted molar refractivity (Wildman–Crippen MR) is 197 cm³/mol. The number of hydrogen-bond acceptors (Lipinski definition) is 2. The summed E-state index contributed by atoms with van der Waals surface area (Å²) in [6.07, 6.45) is 0.226. The first-order valence-corrected chi connectivity index (χ1v) is 17.6. The first kappa shape index (κ1) is 35.2. The summed E-state index contributed by atoms with van der Waals surface area (Å²) in [5, 5.41) is 0. The number of H-pyrrole nitrogens is 2. The number of rotatable bonds is 4. The van der Waals surface area contributed by atoms with E-state index in [2.05, 4.69) is 9.97 Å². The van der Waals surface area contributed by atoms with Crippen molar-refractivity contribution in [3.63, 3.8) is 0 Å².